The van der Waals surface area contributed by atoms with Crippen LogP contribution >= 0.6 is 0 Å². The highest BCUT2D eigenvalue weighted by Crippen LogP contribution is 2.23. The van der Waals surface area contributed by atoms with Gasteiger partial charge in [0, 0.05) is 11.9 Å². The molecule has 0 aliphatic rings. The lowest BCUT2D eigenvalue weighted by molar-refractivity contribution is 0.282. The van der Waals surface area contributed by atoms with Crippen molar-refractivity contribution in [3.05, 3.63) is 36.1 Å². The van der Waals surface area contributed by atoms with Crippen molar-refractivity contribution in [2.24, 2.45) is 0 Å². The molecule has 1 aromatic carbocycles. The van der Waals surface area contributed by atoms with Crippen molar-refractivity contribution >= 4 is 11.0 Å². The quantitative estimate of drug-likeness (QED) is 0.803. The number of para-hydroxylation sites is 1. The van der Waals surface area contributed by atoms with Gasteiger partial charge in [-0.15, -0.1) is 0 Å². The van der Waals surface area contributed by atoms with Crippen molar-refractivity contribution in [1.29, 1.82) is 0 Å². The van der Waals surface area contributed by atoms with E-state index in [4.69, 9.17) is 9.52 Å². The average molecular weight is 205 g/mol. The van der Waals surface area contributed by atoms with Gasteiger partial charge in [0.25, 0.3) is 0 Å². The molecule has 0 unspecified atom stereocenters. The summed E-state index contributed by atoms with van der Waals surface area (Å²) in [6, 6.07) is 10.1. The van der Waals surface area contributed by atoms with Gasteiger partial charge in [-0.2, -0.15) is 0 Å². The first-order valence-corrected chi connectivity index (χ1v) is 5.14. The summed E-state index contributed by atoms with van der Waals surface area (Å²) >= 11 is 0. The number of hydrogen-bond acceptors (Lipinski definition) is 3. The first kappa shape index (κ1) is 10.2. The molecule has 15 heavy (non-hydrogen) atoms. The Morgan fingerprint density at radius 1 is 1.40 bits per heavy atom. The number of benzene rings is 1. The van der Waals surface area contributed by atoms with E-state index in [0.29, 0.717) is 6.54 Å². The van der Waals surface area contributed by atoms with E-state index in [1.54, 1.807) is 0 Å². The minimum Gasteiger partial charge on any atom is -0.459 e. The van der Waals surface area contributed by atoms with Crippen LogP contribution in [0, 0.1) is 0 Å². The zero-order valence-corrected chi connectivity index (χ0v) is 8.73. The number of aliphatic hydroxyl groups is 1. The lowest BCUT2D eigenvalue weighted by Gasteiger charge is -2.08. The third kappa shape index (κ3) is 2.19. The van der Waals surface area contributed by atoms with Crippen molar-refractivity contribution in [1.82, 2.24) is 5.32 Å². The molecule has 0 aliphatic carbocycles. The van der Waals surface area contributed by atoms with Gasteiger partial charge in [-0.25, -0.2) is 0 Å². The van der Waals surface area contributed by atoms with Crippen LogP contribution in [0.4, 0.5) is 0 Å². The molecule has 0 fully saturated rings. The molecule has 0 bridgehead atoms. The van der Waals surface area contributed by atoms with Crippen molar-refractivity contribution in [2.45, 2.75) is 13.0 Å². The van der Waals surface area contributed by atoms with E-state index in [0.717, 1.165) is 16.7 Å². The largest absolute Gasteiger partial charge is 0.459 e. The Kier molecular flexibility index (Phi) is 3.04. The molecule has 0 saturated carbocycles. The predicted octanol–water partition coefficient (Wildman–Crippen LogP) is 2.08. The molecule has 2 rings (SSSR count). The molecule has 3 nitrogen and oxygen atoms in total. The summed E-state index contributed by atoms with van der Waals surface area (Å²) in [7, 11) is 0. The van der Waals surface area contributed by atoms with E-state index >= 15 is 0 Å². The Balaban J connectivity index is 2.20. The monoisotopic (exact) mass is 205 g/mol. The SMILES string of the molecule is C[C@H](NCCO)c1cc2ccccc2o1. The molecule has 0 aliphatic heterocycles. The predicted molar refractivity (Wildman–Crippen MR) is 59.7 cm³/mol. The number of furan rings is 1. The van der Waals surface area contributed by atoms with E-state index < -0.39 is 0 Å². The molecular formula is C12H15NO2. The van der Waals surface area contributed by atoms with E-state index in [9.17, 15) is 0 Å². The van der Waals surface area contributed by atoms with E-state index in [2.05, 4.69) is 5.32 Å². The van der Waals surface area contributed by atoms with E-state index in [1.807, 2.05) is 37.3 Å². The van der Waals surface area contributed by atoms with E-state index in [1.165, 1.54) is 0 Å². The zero-order valence-electron chi connectivity index (χ0n) is 8.73. The first-order chi connectivity index (χ1) is 7.31. The summed E-state index contributed by atoms with van der Waals surface area (Å²) in [6.45, 7) is 2.75. The summed E-state index contributed by atoms with van der Waals surface area (Å²) in [6.07, 6.45) is 0. The fraction of sp³-hybridized carbons (Fsp3) is 0.333. The van der Waals surface area contributed by atoms with Crippen LogP contribution in [-0.4, -0.2) is 18.3 Å². The van der Waals surface area contributed by atoms with Crippen molar-refractivity contribution < 1.29 is 9.52 Å². The summed E-state index contributed by atoms with van der Waals surface area (Å²) < 4.78 is 5.68. The van der Waals surface area contributed by atoms with Crippen LogP contribution in [-0.2, 0) is 0 Å². The smallest absolute Gasteiger partial charge is 0.134 e. The minimum atomic E-state index is 0.129. The second-order valence-corrected chi connectivity index (χ2v) is 3.59. The summed E-state index contributed by atoms with van der Waals surface area (Å²) in [4.78, 5) is 0. The van der Waals surface area contributed by atoms with Gasteiger partial charge in [-0.05, 0) is 19.1 Å². The third-order valence-corrected chi connectivity index (χ3v) is 2.43. The summed E-state index contributed by atoms with van der Waals surface area (Å²) in [5.74, 6) is 0.907. The Labute approximate surface area is 88.7 Å². The molecule has 0 radical (unpaired) electrons. The second kappa shape index (κ2) is 4.47. The van der Waals surface area contributed by atoms with Crippen molar-refractivity contribution in [3.8, 4) is 0 Å². The number of hydrogen-bond donors (Lipinski definition) is 2. The average Bonchev–Trinajstić information content (AvgIpc) is 2.69. The van der Waals surface area contributed by atoms with Gasteiger partial charge >= 0.3 is 0 Å². The van der Waals surface area contributed by atoms with Crippen LogP contribution in [0.2, 0.25) is 0 Å². The molecule has 0 saturated heterocycles. The number of nitrogens with one attached hydrogen (secondary N) is 1. The van der Waals surface area contributed by atoms with Gasteiger partial charge in [0.2, 0.25) is 0 Å². The Morgan fingerprint density at radius 2 is 2.20 bits per heavy atom. The van der Waals surface area contributed by atoms with Crippen LogP contribution in [0.1, 0.15) is 18.7 Å². The van der Waals surface area contributed by atoms with Crippen molar-refractivity contribution in [2.75, 3.05) is 13.2 Å². The normalized spacial score (nSPS) is 13.2. The number of rotatable bonds is 4. The molecule has 1 aromatic heterocycles. The molecule has 3 heteroatoms. The van der Waals surface area contributed by atoms with E-state index in [-0.39, 0.29) is 12.6 Å². The highest BCUT2D eigenvalue weighted by molar-refractivity contribution is 5.77. The summed E-state index contributed by atoms with van der Waals surface area (Å²) in [5.41, 5.74) is 0.908. The van der Waals surface area contributed by atoms with Crippen LogP contribution in [0.25, 0.3) is 11.0 Å². The van der Waals surface area contributed by atoms with Crippen LogP contribution < -0.4 is 5.32 Å². The molecule has 0 amide bonds. The highest BCUT2D eigenvalue weighted by atomic mass is 16.3. The molecule has 1 heterocycles. The maximum absolute atomic E-state index is 8.71. The van der Waals surface area contributed by atoms with Gasteiger partial charge in [0.15, 0.2) is 0 Å². The fourth-order valence-electron chi connectivity index (χ4n) is 1.60. The zero-order chi connectivity index (χ0) is 10.7. The third-order valence-electron chi connectivity index (χ3n) is 2.43. The lowest BCUT2D eigenvalue weighted by Crippen LogP contribution is -2.21. The molecular weight excluding hydrogens is 190 g/mol. The number of fused-ring (bicyclic) bond motifs is 1. The Morgan fingerprint density at radius 3 is 2.93 bits per heavy atom. The standard InChI is InChI=1S/C12H15NO2/c1-9(13-6-7-14)12-8-10-4-2-3-5-11(10)15-12/h2-5,8-9,13-14H,6-7H2,1H3/t9-/m0/s1. The fourth-order valence-corrected chi connectivity index (χ4v) is 1.60. The topological polar surface area (TPSA) is 45.4 Å². The maximum Gasteiger partial charge on any atom is 0.134 e. The Bertz CT molecular complexity index is 403. The van der Waals surface area contributed by atoms with Crippen LogP contribution in [0.15, 0.2) is 34.7 Å². The molecule has 1 atom stereocenters. The van der Waals surface area contributed by atoms with Gasteiger partial charge in [-0.1, -0.05) is 18.2 Å². The maximum atomic E-state index is 8.71. The lowest BCUT2D eigenvalue weighted by atomic mass is 10.2. The number of aliphatic hydroxyl groups excluding tert-OH is 1. The van der Waals surface area contributed by atoms with Crippen LogP contribution in [0.3, 0.4) is 0 Å². The van der Waals surface area contributed by atoms with Gasteiger partial charge in [0.05, 0.1) is 12.6 Å². The minimum absolute atomic E-state index is 0.129. The molecule has 80 valence electrons. The first-order valence-electron chi connectivity index (χ1n) is 5.14. The van der Waals surface area contributed by atoms with Gasteiger partial charge in [0.1, 0.15) is 11.3 Å². The van der Waals surface area contributed by atoms with Crippen molar-refractivity contribution in [3.63, 3.8) is 0 Å². The van der Waals surface area contributed by atoms with Gasteiger partial charge < -0.3 is 14.8 Å². The summed E-state index contributed by atoms with van der Waals surface area (Å²) in [5, 5.41) is 13.0. The van der Waals surface area contributed by atoms with Crippen LogP contribution in [0.5, 0.6) is 0 Å². The molecule has 2 N–H and O–H groups in total. The van der Waals surface area contributed by atoms with Gasteiger partial charge in [-0.3, -0.25) is 0 Å². The second-order valence-electron chi connectivity index (χ2n) is 3.59. The molecule has 0 spiro atoms. The Hall–Kier alpha value is -1.32. The highest BCUT2D eigenvalue weighted by Gasteiger charge is 2.09. The molecule has 2 aromatic rings.